The minimum absolute atomic E-state index is 0.167. The van der Waals surface area contributed by atoms with Crippen LogP contribution in [0.4, 0.5) is 0 Å². The Bertz CT molecular complexity index is 1100. The van der Waals surface area contributed by atoms with Crippen LogP contribution >= 0.6 is 0 Å². The lowest BCUT2D eigenvalue weighted by molar-refractivity contribution is 0.101. The van der Waals surface area contributed by atoms with Gasteiger partial charge in [0, 0.05) is 11.5 Å². The third-order valence-corrected chi connectivity index (χ3v) is 5.87. The number of hydrogen-bond acceptors (Lipinski definition) is 4. The summed E-state index contributed by atoms with van der Waals surface area (Å²) in [6, 6.07) is 14.3. The van der Waals surface area contributed by atoms with E-state index in [2.05, 4.69) is 12.3 Å². The summed E-state index contributed by atoms with van der Waals surface area (Å²) in [6.07, 6.45) is 7.44. The number of aromatic nitrogens is 2. The zero-order chi connectivity index (χ0) is 21.6. The van der Waals surface area contributed by atoms with Crippen molar-refractivity contribution in [2.24, 2.45) is 0 Å². The Balaban J connectivity index is 1.62. The molecular formula is C25H29N3O3. The molecule has 1 saturated carbocycles. The number of carbonyl (C=O) groups is 1. The SMILES string of the molecule is CCCCOc1ccc(C(=O)Nn2c(C3CCCCC3)nc3ccccc3c2=O)cc1. The van der Waals surface area contributed by atoms with Gasteiger partial charge >= 0.3 is 0 Å². The molecule has 1 amide bonds. The van der Waals surface area contributed by atoms with E-state index >= 15 is 0 Å². The van der Waals surface area contributed by atoms with Gasteiger partial charge in [-0.3, -0.25) is 15.0 Å². The molecule has 6 heteroatoms. The first-order chi connectivity index (χ1) is 15.2. The molecule has 1 aromatic heterocycles. The second kappa shape index (κ2) is 9.77. The highest BCUT2D eigenvalue weighted by Gasteiger charge is 2.23. The van der Waals surface area contributed by atoms with Crippen molar-refractivity contribution in [3.63, 3.8) is 0 Å². The third-order valence-electron chi connectivity index (χ3n) is 5.87. The largest absolute Gasteiger partial charge is 0.494 e. The Kier molecular flexibility index (Phi) is 6.65. The molecule has 2 aromatic carbocycles. The van der Waals surface area contributed by atoms with Crippen LogP contribution in [-0.4, -0.2) is 22.2 Å². The smallest absolute Gasteiger partial charge is 0.280 e. The molecule has 1 N–H and O–H groups in total. The number of ether oxygens (including phenoxy) is 1. The fourth-order valence-corrected chi connectivity index (χ4v) is 4.10. The zero-order valence-corrected chi connectivity index (χ0v) is 18.0. The lowest BCUT2D eigenvalue weighted by Crippen LogP contribution is -2.37. The maximum atomic E-state index is 13.2. The van der Waals surface area contributed by atoms with Crippen molar-refractivity contribution in [1.29, 1.82) is 0 Å². The number of nitrogens with one attached hydrogen (secondary N) is 1. The highest BCUT2D eigenvalue weighted by Crippen LogP contribution is 2.31. The van der Waals surface area contributed by atoms with Gasteiger partial charge in [0.05, 0.1) is 17.5 Å². The maximum Gasteiger partial charge on any atom is 0.280 e. The highest BCUT2D eigenvalue weighted by molar-refractivity contribution is 6.00. The van der Waals surface area contributed by atoms with Gasteiger partial charge in [-0.2, -0.15) is 0 Å². The molecule has 0 saturated heterocycles. The molecule has 0 aliphatic heterocycles. The summed E-state index contributed by atoms with van der Waals surface area (Å²) in [6.45, 7) is 2.77. The second-order valence-electron chi connectivity index (χ2n) is 8.13. The number of hydrogen-bond donors (Lipinski definition) is 1. The van der Waals surface area contributed by atoms with E-state index in [4.69, 9.17) is 9.72 Å². The molecule has 0 spiro atoms. The van der Waals surface area contributed by atoms with Crippen LogP contribution in [0.5, 0.6) is 5.75 Å². The van der Waals surface area contributed by atoms with Crippen LogP contribution in [0.15, 0.2) is 53.3 Å². The molecule has 0 atom stereocenters. The summed E-state index contributed by atoms with van der Waals surface area (Å²) in [5.41, 5.74) is 3.72. The van der Waals surface area contributed by atoms with Crippen molar-refractivity contribution in [3.05, 3.63) is 70.3 Å². The van der Waals surface area contributed by atoms with E-state index in [1.807, 2.05) is 18.2 Å². The monoisotopic (exact) mass is 419 g/mol. The van der Waals surface area contributed by atoms with Gasteiger partial charge in [-0.15, -0.1) is 0 Å². The van der Waals surface area contributed by atoms with E-state index in [1.165, 1.54) is 11.1 Å². The van der Waals surface area contributed by atoms with Crippen molar-refractivity contribution in [3.8, 4) is 5.75 Å². The summed E-state index contributed by atoms with van der Waals surface area (Å²) in [5.74, 6) is 1.21. The number of amides is 1. The number of fused-ring (bicyclic) bond motifs is 1. The summed E-state index contributed by atoms with van der Waals surface area (Å²) in [5, 5.41) is 0.502. The van der Waals surface area contributed by atoms with E-state index in [9.17, 15) is 9.59 Å². The minimum atomic E-state index is -0.337. The number of carbonyl (C=O) groups excluding carboxylic acids is 1. The second-order valence-corrected chi connectivity index (χ2v) is 8.13. The van der Waals surface area contributed by atoms with Crippen LogP contribution in [0.25, 0.3) is 10.9 Å². The summed E-state index contributed by atoms with van der Waals surface area (Å²) in [4.78, 5) is 31.0. The van der Waals surface area contributed by atoms with Crippen molar-refractivity contribution in [1.82, 2.24) is 9.66 Å². The molecule has 31 heavy (non-hydrogen) atoms. The fourth-order valence-electron chi connectivity index (χ4n) is 4.10. The van der Waals surface area contributed by atoms with E-state index < -0.39 is 0 Å². The van der Waals surface area contributed by atoms with Gasteiger partial charge in [-0.1, -0.05) is 44.7 Å². The first-order valence-electron chi connectivity index (χ1n) is 11.2. The molecule has 1 aliphatic carbocycles. The van der Waals surface area contributed by atoms with Gasteiger partial charge < -0.3 is 4.74 Å². The Labute approximate surface area is 182 Å². The molecule has 0 bridgehead atoms. The predicted octanol–water partition coefficient (Wildman–Crippen LogP) is 5.01. The average Bonchev–Trinajstić information content (AvgIpc) is 2.82. The van der Waals surface area contributed by atoms with Crippen LogP contribution in [0.2, 0.25) is 0 Å². The van der Waals surface area contributed by atoms with E-state index in [-0.39, 0.29) is 17.4 Å². The van der Waals surface area contributed by atoms with Gasteiger partial charge in [0.15, 0.2) is 0 Å². The van der Waals surface area contributed by atoms with Crippen LogP contribution in [0.1, 0.15) is 74.0 Å². The molecule has 1 fully saturated rings. The van der Waals surface area contributed by atoms with Crippen LogP contribution in [0, 0.1) is 0 Å². The van der Waals surface area contributed by atoms with Gasteiger partial charge in [0.25, 0.3) is 11.5 Å². The Morgan fingerprint density at radius 3 is 2.58 bits per heavy atom. The quantitative estimate of drug-likeness (QED) is 0.547. The lowest BCUT2D eigenvalue weighted by Gasteiger charge is -2.24. The van der Waals surface area contributed by atoms with Gasteiger partial charge in [-0.05, 0) is 55.7 Å². The van der Waals surface area contributed by atoms with E-state index in [1.54, 1.807) is 30.3 Å². The Morgan fingerprint density at radius 2 is 1.84 bits per heavy atom. The highest BCUT2D eigenvalue weighted by atomic mass is 16.5. The molecule has 0 radical (unpaired) electrons. The maximum absolute atomic E-state index is 13.2. The molecule has 1 heterocycles. The van der Waals surface area contributed by atoms with E-state index in [0.29, 0.717) is 28.9 Å². The Morgan fingerprint density at radius 1 is 1.10 bits per heavy atom. The first-order valence-corrected chi connectivity index (χ1v) is 11.2. The normalized spacial score (nSPS) is 14.5. The summed E-state index contributed by atoms with van der Waals surface area (Å²) >= 11 is 0. The fraction of sp³-hybridized carbons (Fsp3) is 0.400. The topological polar surface area (TPSA) is 73.2 Å². The van der Waals surface area contributed by atoms with Gasteiger partial charge in [0.2, 0.25) is 0 Å². The molecule has 6 nitrogen and oxygen atoms in total. The van der Waals surface area contributed by atoms with Crippen molar-refractivity contribution < 1.29 is 9.53 Å². The zero-order valence-electron chi connectivity index (χ0n) is 18.0. The lowest BCUT2D eigenvalue weighted by atomic mass is 9.88. The number of rotatable bonds is 7. The summed E-state index contributed by atoms with van der Waals surface area (Å²) in [7, 11) is 0. The standard InChI is InChI=1S/C25H29N3O3/c1-2-3-17-31-20-15-13-19(14-16-20)24(29)27-28-23(18-9-5-4-6-10-18)26-22-12-8-7-11-21(22)25(28)30/h7-8,11-16,18H,2-6,9-10,17H2,1H3,(H,27,29). The van der Waals surface area contributed by atoms with Crippen molar-refractivity contribution in [2.45, 2.75) is 57.8 Å². The molecule has 3 aromatic rings. The average molecular weight is 420 g/mol. The summed E-state index contributed by atoms with van der Waals surface area (Å²) < 4.78 is 7.04. The van der Waals surface area contributed by atoms with Crippen molar-refractivity contribution >= 4 is 16.8 Å². The molecule has 1 aliphatic rings. The van der Waals surface area contributed by atoms with E-state index in [0.717, 1.165) is 44.3 Å². The molecule has 162 valence electrons. The third kappa shape index (κ3) is 4.79. The van der Waals surface area contributed by atoms with Crippen LogP contribution in [0.3, 0.4) is 0 Å². The molecule has 4 rings (SSSR count). The minimum Gasteiger partial charge on any atom is -0.494 e. The molecular weight excluding hydrogens is 390 g/mol. The van der Waals surface area contributed by atoms with Crippen LogP contribution < -0.4 is 15.7 Å². The van der Waals surface area contributed by atoms with Gasteiger partial charge in [0.1, 0.15) is 11.6 Å². The van der Waals surface area contributed by atoms with Crippen LogP contribution in [-0.2, 0) is 0 Å². The number of benzene rings is 2. The number of para-hydroxylation sites is 1. The first kappa shape index (κ1) is 21.1. The number of unbranched alkanes of at least 4 members (excludes halogenated alkanes) is 1. The number of nitrogens with zero attached hydrogens (tertiary/aromatic N) is 2. The van der Waals surface area contributed by atoms with Crippen molar-refractivity contribution in [2.75, 3.05) is 12.0 Å². The van der Waals surface area contributed by atoms with Gasteiger partial charge in [-0.25, -0.2) is 9.66 Å². The Hall–Kier alpha value is -3.15. The predicted molar refractivity (Wildman–Crippen MR) is 122 cm³/mol. The molecule has 0 unspecified atom stereocenters.